The number of hydrogen-bond donors (Lipinski definition) is 2. The third-order valence-electron chi connectivity index (χ3n) is 2.65. The highest BCUT2D eigenvalue weighted by atomic mass is 15.1. The fraction of sp³-hybridized carbons (Fsp3) is 0.462. The number of nitrogens with two attached hydrogens (primary N) is 1. The van der Waals surface area contributed by atoms with E-state index >= 15 is 0 Å². The fourth-order valence-electron chi connectivity index (χ4n) is 1.55. The van der Waals surface area contributed by atoms with Gasteiger partial charge >= 0.3 is 0 Å². The van der Waals surface area contributed by atoms with Crippen molar-refractivity contribution in [1.82, 2.24) is 9.80 Å². The van der Waals surface area contributed by atoms with Crippen LogP contribution in [0.25, 0.3) is 0 Å². The molecule has 0 saturated carbocycles. The van der Waals surface area contributed by atoms with Gasteiger partial charge in [0.25, 0.3) is 0 Å². The van der Waals surface area contributed by atoms with E-state index in [-0.39, 0.29) is 5.84 Å². The maximum atomic E-state index is 7.32. The van der Waals surface area contributed by atoms with Gasteiger partial charge in [0, 0.05) is 25.2 Å². The summed E-state index contributed by atoms with van der Waals surface area (Å²) in [6.45, 7) is 3.02. The number of benzene rings is 1. The summed E-state index contributed by atoms with van der Waals surface area (Å²) in [6, 6.07) is 7.86. The fourth-order valence-corrected chi connectivity index (χ4v) is 1.55. The second-order valence-electron chi connectivity index (χ2n) is 4.65. The van der Waals surface area contributed by atoms with Crippen LogP contribution in [0.1, 0.15) is 11.1 Å². The molecule has 1 aromatic carbocycles. The largest absolute Gasteiger partial charge is 0.384 e. The molecule has 0 aliphatic rings. The number of rotatable bonds is 6. The minimum atomic E-state index is 0.123. The average Bonchev–Trinajstić information content (AvgIpc) is 2.27. The van der Waals surface area contributed by atoms with Crippen LogP contribution in [0.2, 0.25) is 0 Å². The lowest BCUT2D eigenvalue weighted by Gasteiger charge is -2.19. The summed E-state index contributed by atoms with van der Waals surface area (Å²) in [5, 5.41) is 7.32. The van der Waals surface area contributed by atoms with E-state index in [1.165, 1.54) is 5.56 Å². The van der Waals surface area contributed by atoms with Gasteiger partial charge in [0.15, 0.2) is 0 Å². The first-order valence-electron chi connectivity index (χ1n) is 5.75. The Kier molecular flexibility index (Phi) is 5.12. The van der Waals surface area contributed by atoms with Crippen LogP contribution in [0.4, 0.5) is 0 Å². The van der Waals surface area contributed by atoms with Gasteiger partial charge in [-0.2, -0.15) is 0 Å². The number of likely N-dealkylation sites (N-methyl/N-ethyl adjacent to an activating group) is 2. The Morgan fingerprint density at radius 2 is 1.71 bits per heavy atom. The highest BCUT2D eigenvalue weighted by Crippen LogP contribution is 2.06. The molecule has 1 aromatic rings. The van der Waals surface area contributed by atoms with Crippen molar-refractivity contribution in [2.24, 2.45) is 5.73 Å². The maximum Gasteiger partial charge on any atom is 0.122 e. The Balaban J connectivity index is 2.48. The van der Waals surface area contributed by atoms with Crippen molar-refractivity contribution >= 4 is 5.84 Å². The third-order valence-corrected chi connectivity index (χ3v) is 2.65. The van der Waals surface area contributed by atoms with Crippen LogP contribution in [-0.2, 0) is 6.54 Å². The van der Waals surface area contributed by atoms with Crippen molar-refractivity contribution in [3.63, 3.8) is 0 Å². The number of nitrogen functional groups attached to an aromatic ring is 1. The zero-order valence-corrected chi connectivity index (χ0v) is 10.9. The van der Waals surface area contributed by atoms with Crippen molar-refractivity contribution in [2.75, 3.05) is 34.2 Å². The molecule has 0 spiro atoms. The zero-order chi connectivity index (χ0) is 12.8. The number of nitrogens with zero attached hydrogens (tertiary/aromatic N) is 2. The van der Waals surface area contributed by atoms with Crippen molar-refractivity contribution in [1.29, 1.82) is 5.41 Å². The molecule has 0 amide bonds. The second kappa shape index (κ2) is 6.37. The van der Waals surface area contributed by atoms with Crippen molar-refractivity contribution in [3.05, 3.63) is 35.4 Å². The molecule has 0 unspecified atom stereocenters. The van der Waals surface area contributed by atoms with E-state index in [1.807, 2.05) is 24.3 Å². The summed E-state index contributed by atoms with van der Waals surface area (Å²) in [5.74, 6) is 0.123. The normalized spacial score (nSPS) is 11.1. The quantitative estimate of drug-likeness (QED) is 0.569. The Labute approximate surface area is 104 Å². The van der Waals surface area contributed by atoms with Gasteiger partial charge in [-0.1, -0.05) is 24.3 Å². The van der Waals surface area contributed by atoms with E-state index in [9.17, 15) is 0 Å². The first kappa shape index (κ1) is 13.7. The minimum absolute atomic E-state index is 0.123. The van der Waals surface area contributed by atoms with Crippen LogP contribution >= 0.6 is 0 Å². The first-order chi connectivity index (χ1) is 7.99. The van der Waals surface area contributed by atoms with Crippen LogP contribution in [0.5, 0.6) is 0 Å². The molecule has 4 heteroatoms. The molecular weight excluding hydrogens is 212 g/mol. The molecule has 0 aliphatic heterocycles. The molecular formula is C13H22N4. The molecule has 0 radical (unpaired) electrons. The molecule has 0 bridgehead atoms. The lowest BCUT2D eigenvalue weighted by Crippen LogP contribution is -2.28. The van der Waals surface area contributed by atoms with E-state index < -0.39 is 0 Å². The molecule has 0 saturated heterocycles. The van der Waals surface area contributed by atoms with Crippen LogP contribution < -0.4 is 5.73 Å². The van der Waals surface area contributed by atoms with Crippen molar-refractivity contribution in [3.8, 4) is 0 Å². The average molecular weight is 234 g/mol. The molecule has 0 aromatic heterocycles. The van der Waals surface area contributed by atoms with Crippen molar-refractivity contribution in [2.45, 2.75) is 6.54 Å². The van der Waals surface area contributed by atoms with Gasteiger partial charge < -0.3 is 15.5 Å². The predicted octanol–water partition coefficient (Wildman–Crippen LogP) is 0.964. The van der Waals surface area contributed by atoms with Gasteiger partial charge in [0.1, 0.15) is 5.84 Å². The van der Waals surface area contributed by atoms with Gasteiger partial charge in [0.2, 0.25) is 0 Å². The molecule has 3 N–H and O–H groups in total. The molecule has 0 aliphatic carbocycles. The standard InChI is InChI=1S/C13H22N4/c1-16(2)8-9-17(3)10-11-4-6-12(7-5-11)13(14)15/h4-7H,8-10H2,1-3H3,(H3,14,15). The Bertz CT molecular complexity index is 356. The summed E-state index contributed by atoms with van der Waals surface area (Å²) in [7, 11) is 6.27. The Morgan fingerprint density at radius 1 is 1.12 bits per heavy atom. The monoisotopic (exact) mass is 234 g/mol. The molecule has 0 heterocycles. The first-order valence-corrected chi connectivity index (χ1v) is 5.75. The highest BCUT2D eigenvalue weighted by molar-refractivity contribution is 5.94. The van der Waals surface area contributed by atoms with Crippen molar-refractivity contribution < 1.29 is 0 Å². The van der Waals surface area contributed by atoms with E-state index in [4.69, 9.17) is 11.1 Å². The summed E-state index contributed by atoms with van der Waals surface area (Å²) in [5.41, 5.74) is 7.44. The molecule has 1 rings (SSSR count). The topological polar surface area (TPSA) is 56.4 Å². The summed E-state index contributed by atoms with van der Waals surface area (Å²) >= 11 is 0. The zero-order valence-electron chi connectivity index (χ0n) is 10.9. The molecule has 0 atom stereocenters. The van der Waals surface area contributed by atoms with Gasteiger partial charge in [-0.3, -0.25) is 5.41 Å². The molecule has 0 fully saturated rings. The summed E-state index contributed by atoms with van der Waals surface area (Å²) < 4.78 is 0. The Morgan fingerprint density at radius 3 is 2.18 bits per heavy atom. The van der Waals surface area contributed by atoms with Crippen LogP contribution in [-0.4, -0.2) is 49.9 Å². The van der Waals surface area contributed by atoms with E-state index in [2.05, 4.69) is 30.9 Å². The summed E-state index contributed by atoms with van der Waals surface area (Å²) in [4.78, 5) is 4.46. The van der Waals surface area contributed by atoms with Crippen LogP contribution in [0.3, 0.4) is 0 Å². The minimum Gasteiger partial charge on any atom is -0.384 e. The third kappa shape index (κ3) is 4.97. The van der Waals surface area contributed by atoms with Crippen LogP contribution in [0, 0.1) is 5.41 Å². The van der Waals surface area contributed by atoms with Gasteiger partial charge in [-0.25, -0.2) is 0 Å². The Hall–Kier alpha value is -1.39. The molecule has 94 valence electrons. The van der Waals surface area contributed by atoms with Gasteiger partial charge in [-0.15, -0.1) is 0 Å². The van der Waals surface area contributed by atoms with Gasteiger partial charge in [-0.05, 0) is 26.7 Å². The SMILES string of the molecule is CN(C)CCN(C)Cc1ccc(C(=N)N)cc1. The lowest BCUT2D eigenvalue weighted by atomic mass is 10.1. The predicted molar refractivity (Wildman–Crippen MR) is 72.3 cm³/mol. The number of amidine groups is 1. The maximum absolute atomic E-state index is 7.32. The van der Waals surface area contributed by atoms with E-state index in [1.54, 1.807) is 0 Å². The van der Waals surface area contributed by atoms with Crippen LogP contribution in [0.15, 0.2) is 24.3 Å². The van der Waals surface area contributed by atoms with Gasteiger partial charge in [0.05, 0.1) is 0 Å². The van der Waals surface area contributed by atoms with E-state index in [0.29, 0.717) is 0 Å². The number of nitrogens with one attached hydrogen (secondary N) is 1. The number of hydrogen-bond acceptors (Lipinski definition) is 3. The summed E-state index contributed by atoms with van der Waals surface area (Å²) in [6.07, 6.45) is 0. The molecule has 4 nitrogen and oxygen atoms in total. The molecule has 17 heavy (non-hydrogen) atoms. The smallest absolute Gasteiger partial charge is 0.122 e. The van der Waals surface area contributed by atoms with E-state index in [0.717, 1.165) is 25.2 Å². The highest BCUT2D eigenvalue weighted by Gasteiger charge is 2.02. The lowest BCUT2D eigenvalue weighted by molar-refractivity contribution is 0.276. The second-order valence-corrected chi connectivity index (χ2v) is 4.65.